The first-order valence-electron chi connectivity index (χ1n) is 9.18. The number of benzene rings is 2. The Morgan fingerprint density at radius 1 is 1.13 bits per heavy atom. The van der Waals surface area contributed by atoms with Crippen molar-refractivity contribution in [2.45, 2.75) is 20.4 Å². The fraction of sp³-hybridized carbons (Fsp3) is 0.250. The summed E-state index contributed by atoms with van der Waals surface area (Å²) in [4.78, 5) is 39.7. The van der Waals surface area contributed by atoms with Gasteiger partial charge in [-0.1, -0.05) is 11.3 Å². The van der Waals surface area contributed by atoms with E-state index in [0.717, 1.165) is 11.3 Å². The average Bonchev–Trinajstić information content (AvgIpc) is 3.05. The fourth-order valence-corrected chi connectivity index (χ4v) is 3.82. The van der Waals surface area contributed by atoms with Crippen LogP contribution < -0.4 is 9.54 Å². The Balaban J connectivity index is 2.06. The molecule has 0 aliphatic rings. The highest BCUT2D eigenvalue weighted by molar-refractivity contribution is 7.16. The minimum atomic E-state index is -0.503. The summed E-state index contributed by atoms with van der Waals surface area (Å²) < 4.78 is 12.4. The van der Waals surface area contributed by atoms with E-state index in [-0.39, 0.29) is 23.6 Å². The first-order valence-corrected chi connectivity index (χ1v) is 10.00. The van der Waals surface area contributed by atoms with Crippen molar-refractivity contribution in [2.24, 2.45) is 4.99 Å². The highest BCUT2D eigenvalue weighted by atomic mass is 32.1. The van der Waals surface area contributed by atoms with Crippen LogP contribution in [0.5, 0.6) is 5.75 Å². The Kier molecular flexibility index (Phi) is 6.58. The number of nitro groups is 1. The lowest BCUT2D eigenvalue weighted by molar-refractivity contribution is -0.384. The molecule has 30 heavy (non-hydrogen) atoms. The molecule has 156 valence electrons. The van der Waals surface area contributed by atoms with E-state index in [0.29, 0.717) is 28.1 Å². The van der Waals surface area contributed by atoms with Gasteiger partial charge < -0.3 is 14.0 Å². The summed E-state index contributed by atoms with van der Waals surface area (Å²) in [6.45, 7) is 4.12. The van der Waals surface area contributed by atoms with E-state index in [1.807, 2.05) is 6.92 Å². The minimum absolute atomic E-state index is 0.0866. The van der Waals surface area contributed by atoms with Gasteiger partial charge in [-0.2, -0.15) is 4.99 Å². The van der Waals surface area contributed by atoms with Gasteiger partial charge in [-0.05, 0) is 44.2 Å². The first-order chi connectivity index (χ1) is 14.4. The van der Waals surface area contributed by atoms with E-state index in [9.17, 15) is 19.7 Å². The molecule has 3 aromatic rings. The summed E-state index contributed by atoms with van der Waals surface area (Å²) in [5.41, 5.74) is 0.817. The molecule has 2 aromatic carbocycles. The van der Waals surface area contributed by atoms with Crippen LogP contribution in [-0.2, 0) is 16.1 Å². The van der Waals surface area contributed by atoms with Crippen LogP contribution in [0.15, 0.2) is 47.5 Å². The number of fused-ring (bicyclic) bond motifs is 1. The standard InChI is InChI=1S/C20H19N3O6S/c1-3-28-15-8-5-13(6-9-15)19(25)21-20-22(12-18(24)29-4-2)16-10-7-14(23(26)27)11-17(16)30-20/h5-11H,3-4,12H2,1-2H3. The number of thiazole rings is 1. The van der Waals surface area contributed by atoms with Crippen molar-refractivity contribution < 1.29 is 24.0 Å². The molecule has 10 heteroatoms. The molecule has 1 amide bonds. The molecule has 0 saturated carbocycles. The number of non-ortho nitro benzene ring substituents is 1. The summed E-state index contributed by atoms with van der Waals surface area (Å²) in [6, 6.07) is 10.8. The number of rotatable bonds is 7. The van der Waals surface area contributed by atoms with Crippen LogP contribution in [-0.4, -0.2) is 34.6 Å². The van der Waals surface area contributed by atoms with Gasteiger partial charge in [0.1, 0.15) is 12.3 Å². The van der Waals surface area contributed by atoms with Gasteiger partial charge in [-0.15, -0.1) is 0 Å². The highest BCUT2D eigenvalue weighted by Crippen LogP contribution is 2.23. The van der Waals surface area contributed by atoms with Gasteiger partial charge in [-0.25, -0.2) is 0 Å². The lowest BCUT2D eigenvalue weighted by Crippen LogP contribution is -2.23. The van der Waals surface area contributed by atoms with Crippen LogP contribution >= 0.6 is 11.3 Å². The number of nitro benzene ring substituents is 1. The van der Waals surface area contributed by atoms with Crippen LogP contribution in [0, 0.1) is 10.1 Å². The van der Waals surface area contributed by atoms with Crippen molar-refractivity contribution in [1.82, 2.24) is 4.57 Å². The summed E-state index contributed by atoms with van der Waals surface area (Å²) in [6.07, 6.45) is 0. The second-order valence-electron chi connectivity index (χ2n) is 6.06. The maximum atomic E-state index is 12.7. The van der Waals surface area contributed by atoms with Gasteiger partial charge in [0.25, 0.3) is 11.6 Å². The third-order valence-corrected chi connectivity index (χ3v) is 5.12. The topological polar surface area (TPSA) is 113 Å². The number of amides is 1. The van der Waals surface area contributed by atoms with Crippen LogP contribution in [0.25, 0.3) is 10.2 Å². The molecule has 0 aliphatic carbocycles. The van der Waals surface area contributed by atoms with Gasteiger partial charge in [0.2, 0.25) is 0 Å². The molecule has 0 unspecified atom stereocenters. The molecule has 0 aliphatic heterocycles. The molecule has 1 aromatic heterocycles. The summed E-state index contributed by atoms with van der Waals surface area (Å²) >= 11 is 1.09. The number of carbonyl (C=O) groups is 2. The molecule has 0 atom stereocenters. The normalized spacial score (nSPS) is 11.5. The number of carbonyl (C=O) groups excluding carboxylic acids is 2. The zero-order valence-electron chi connectivity index (χ0n) is 16.4. The van der Waals surface area contributed by atoms with Crippen LogP contribution in [0.4, 0.5) is 5.69 Å². The summed E-state index contributed by atoms with van der Waals surface area (Å²) in [5, 5.41) is 11.1. The smallest absolute Gasteiger partial charge is 0.326 e. The molecule has 0 saturated heterocycles. The van der Waals surface area contributed by atoms with E-state index in [1.165, 1.54) is 22.8 Å². The Morgan fingerprint density at radius 2 is 1.87 bits per heavy atom. The maximum absolute atomic E-state index is 12.7. The van der Waals surface area contributed by atoms with E-state index >= 15 is 0 Å². The predicted octanol–water partition coefficient (Wildman–Crippen LogP) is 3.31. The number of esters is 1. The molecule has 0 bridgehead atoms. The van der Waals surface area contributed by atoms with E-state index < -0.39 is 16.8 Å². The molecular formula is C20H19N3O6S. The minimum Gasteiger partial charge on any atom is -0.494 e. The summed E-state index contributed by atoms with van der Waals surface area (Å²) in [5.74, 6) is -0.358. The van der Waals surface area contributed by atoms with Gasteiger partial charge in [0.15, 0.2) is 4.80 Å². The molecule has 1 heterocycles. The van der Waals surface area contributed by atoms with Gasteiger partial charge in [-0.3, -0.25) is 19.7 Å². The van der Waals surface area contributed by atoms with Crippen molar-refractivity contribution in [1.29, 1.82) is 0 Å². The monoisotopic (exact) mass is 429 g/mol. The van der Waals surface area contributed by atoms with Crippen LogP contribution in [0.3, 0.4) is 0 Å². The van der Waals surface area contributed by atoms with Crippen molar-refractivity contribution in [3.05, 3.63) is 62.9 Å². The van der Waals surface area contributed by atoms with Crippen molar-refractivity contribution in [3.8, 4) is 5.75 Å². The quantitative estimate of drug-likeness (QED) is 0.323. The zero-order valence-corrected chi connectivity index (χ0v) is 17.2. The number of ether oxygens (including phenoxy) is 2. The maximum Gasteiger partial charge on any atom is 0.326 e. The number of hydrogen-bond acceptors (Lipinski definition) is 7. The predicted molar refractivity (Wildman–Crippen MR) is 111 cm³/mol. The van der Waals surface area contributed by atoms with Gasteiger partial charge in [0, 0.05) is 17.7 Å². The fourth-order valence-electron chi connectivity index (χ4n) is 2.76. The number of aromatic nitrogens is 1. The van der Waals surface area contributed by atoms with Gasteiger partial charge >= 0.3 is 5.97 Å². The Hall–Kier alpha value is -3.53. The van der Waals surface area contributed by atoms with Crippen LogP contribution in [0.1, 0.15) is 24.2 Å². The molecule has 0 spiro atoms. The Bertz CT molecular complexity index is 1160. The third kappa shape index (κ3) is 4.71. The van der Waals surface area contributed by atoms with E-state index in [1.54, 1.807) is 31.2 Å². The van der Waals surface area contributed by atoms with E-state index in [2.05, 4.69) is 4.99 Å². The molecule has 0 fully saturated rings. The second kappa shape index (κ2) is 9.31. The Morgan fingerprint density at radius 3 is 2.50 bits per heavy atom. The Labute approximate surface area is 175 Å². The summed E-state index contributed by atoms with van der Waals surface area (Å²) in [7, 11) is 0. The van der Waals surface area contributed by atoms with Crippen molar-refractivity contribution in [3.63, 3.8) is 0 Å². The highest BCUT2D eigenvalue weighted by Gasteiger charge is 2.16. The largest absolute Gasteiger partial charge is 0.494 e. The first kappa shape index (κ1) is 21.2. The SMILES string of the molecule is CCOC(=O)Cn1c(=NC(=O)c2ccc(OCC)cc2)sc2cc([N+](=O)[O-])ccc21. The molecule has 0 radical (unpaired) electrons. The lowest BCUT2D eigenvalue weighted by atomic mass is 10.2. The molecule has 0 N–H and O–H groups in total. The molecule has 3 rings (SSSR count). The molecular weight excluding hydrogens is 410 g/mol. The average molecular weight is 429 g/mol. The number of hydrogen-bond donors (Lipinski definition) is 0. The van der Waals surface area contributed by atoms with E-state index in [4.69, 9.17) is 9.47 Å². The second-order valence-corrected chi connectivity index (χ2v) is 7.07. The third-order valence-electron chi connectivity index (χ3n) is 4.08. The lowest BCUT2D eigenvalue weighted by Gasteiger charge is -2.05. The van der Waals surface area contributed by atoms with Gasteiger partial charge in [0.05, 0.1) is 28.4 Å². The molecule has 9 nitrogen and oxygen atoms in total. The van der Waals surface area contributed by atoms with Crippen molar-refractivity contribution >= 4 is 39.1 Å². The zero-order chi connectivity index (χ0) is 21.7. The van der Waals surface area contributed by atoms with Crippen molar-refractivity contribution in [2.75, 3.05) is 13.2 Å². The van der Waals surface area contributed by atoms with Crippen LogP contribution in [0.2, 0.25) is 0 Å². The number of nitrogens with zero attached hydrogens (tertiary/aromatic N) is 3.